The molecule has 3 heterocycles. The first-order valence-electron chi connectivity index (χ1n) is 11.1. The minimum atomic E-state index is -0.453. The van der Waals surface area contributed by atoms with Gasteiger partial charge in [0.1, 0.15) is 18.5 Å². The summed E-state index contributed by atoms with van der Waals surface area (Å²) in [6.07, 6.45) is 6.92. The lowest BCUT2D eigenvalue weighted by atomic mass is 10.1. The van der Waals surface area contributed by atoms with Gasteiger partial charge < -0.3 is 19.6 Å². The Kier molecular flexibility index (Phi) is 7.50. The molecule has 0 bridgehead atoms. The molecular weight excluding hydrogens is 378 g/mol. The maximum absolute atomic E-state index is 10.4. The normalized spacial score (nSPS) is 19.6. The highest BCUT2D eigenvalue weighted by molar-refractivity contribution is 5.34. The molecule has 1 aromatic heterocycles. The molecule has 0 unspecified atom stereocenters. The van der Waals surface area contributed by atoms with E-state index in [9.17, 15) is 5.11 Å². The molecule has 0 radical (unpaired) electrons. The molecule has 1 aromatic carbocycles. The number of ether oxygens (including phenoxy) is 1. The number of likely N-dealkylation sites (tertiary alicyclic amines) is 1. The third-order valence-electron chi connectivity index (χ3n) is 5.92. The number of anilines is 1. The fourth-order valence-corrected chi connectivity index (χ4v) is 4.26. The number of aromatic nitrogens is 2. The van der Waals surface area contributed by atoms with Crippen LogP contribution >= 0.6 is 0 Å². The molecule has 7 nitrogen and oxygen atoms in total. The van der Waals surface area contributed by atoms with Gasteiger partial charge in [0.05, 0.1) is 0 Å². The third kappa shape index (κ3) is 5.90. The van der Waals surface area contributed by atoms with Crippen molar-refractivity contribution in [3.05, 3.63) is 48.3 Å². The molecule has 2 saturated heterocycles. The summed E-state index contributed by atoms with van der Waals surface area (Å²) < 4.78 is 6.04. The summed E-state index contributed by atoms with van der Waals surface area (Å²) in [4.78, 5) is 15.7. The van der Waals surface area contributed by atoms with Crippen LogP contribution in [0.4, 0.5) is 5.95 Å². The van der Waals surface area contributed by atoms with E-state index in [1.54, 1.807) is 12.4 Å². The maximum Gasteiger partial charge on any atom is 0.225 e. The Bertz CT molecular complexity index is 761. The largest absolute Gasteiger partial charge is 0.491 e. The highest BCUT2D eigenvalue weighted by Gasteiger charge is 2.20. The Labute approximate surface area is 179 Å². The second kappa shape index (κ2) is 10.7. The highest BCUT2D eigenvalue weighted by atomic mass is 16.5. The van der Waals surface area contributed by atoms with Gasteiger partial charge in [0.15, 0.2) is 0 Å². The molecular formula is C23H33N5O2. The smallest absolute Gasteiger partial charge is 0.225 e. The van der Waals surface area contributed by atoms with Gasteiger partial charge in [0.2, 0.25) is 5.95 Å². The average Bonchev–Trinajstić information content (AvgIpc) is 2.80. The number of β-amino-alcohol motifs (C(OH)–C–C–N with tert-alkyl or cyclic N) is 1. The van der Waals surface area contributed by atoms with E-state index in [0.717, 1.165) is 57.5 Å². The second-order valence-electron chi connectivity index (χ2n) is 8.25. The molecule has 0 amide bonds. The van der Waals surface area contributed by atoms with Gasteiger partial charge in [-0.2, -0.15) is 0 Å². The van der Waals surface area contributed by atoms with Gasteiger partial charge in [-0.1, -0.05) is 24.6 Å². The van der Waals surface area contributed by atoms with Gasteiger partial charge in [-0.05, 0) is 38.1 Å². The van der Waals surface area contributed by atoms with Crippen molar-refractivity contribution in [2.75, 3.05) is 57.3 Å². The molecule has 2 aliphatic heterocycles. The Morgan fingerprint density at radius 3 is 2.37 bits per heavy atom. The fraction of sp³-hybridized carbons (Fsp3) is 0.565. The Morgan fingerprint density at radius 1 is 0.867 bits per heavy atom. The summed E-state index contributed by atoms with van der Waals surface area (Å²) in [6, 6.07) is 10.0. The SMILES string of the molecule is O[C@H](COc1ccccc1CN1CCN(c2ncccn2)CC1)CN1CCCCC1. The van der Waals surface area contributed by atoms with Crippen LogP contribution in [-0.2, 0) is 6.54 Å². The van der Waals surface area contributed by atoms with Crippen molar-refractivity contribution < 1.29 is 9.84 Å². The van der Waals surface area contributed by atoms with Gasteiger partial charge in [-0.3, -0.25) is 4.90 Å². The number of piperidine rings is 1. The van der Waals surface area contributed by atoms with Gasteiger partial charge in [0, 0.05) is 57.2 Å². The van der Waals surface area contributed by atoms with Crippen LogP contribution in [0.5, 0.6) is 5.75 Å². The zero-order valence-corrected chi connectivity index (χ0v) is 17.7. The fourth-order valence-electron chi connectivity index (χ4n) is 4.26. The number of piperazine rings is 1. The van der Waals surface area contributed by atoms with Crippen molar-refractivity contribution in [2.45, 2.75) is 31.9 Å². The van der Waals surface area contributed by atoms with Gasteiger partial charge in [0.25, 0.3) is 0 Å². The van der Waals surface area contributed by atoms with Crippen LogP contribution in [0.15, 0.2) is 42.7 Å². The number of rotatable bonds is 8. The molecule has 2 aromatic rings. The van der Waals surface area contributed by atoms with Crippen LogP contribution in [0.3, 0.4) is 0 Å². The Morgan fingerprint density at radius 2 is 1.60 bits per heavy atom. The number of para-hydroxylation sites is 1. The van der Waals surface area contributed by atoms with Crippen molar-refractivity contribution in [1.82, 2.24) is 19.8 Å². The topological polar surface area (TPSA) is 65.0 Å². The third-order valence-corrected chi connectivity index (χ3v) is 5.92. The number of nitrogens with zero attached hydrogens (tertiary/aromatic N) is 5. The predicted octanol–water partition coefficient (Wildman–Crippen LogP) is 2.02. The number of hydrogen-bond acceptors (Lipinski definition) is 7. The summed E-state index contributed by atoms with van der Waals surface area (Å²) in [5.74, 6) is 1.69. The van der Waals surface area contributed by atoms with E-state index in [-0.39, 0.29) is 0 Å². The van der Waals surface area contributed by atoms with Crippen molar-refractivity contribution in [1.29, 1.82) is 0 Å². The van der Waals surface area contributed by atoms with Crippen LogP contribution in [0.25, 0.3) is 0 Å². The lowest BCUT2D eigenvalue weighted by molar-refractivity contribution is 0.0611. The molecule has 2 aliphatic rings. The lowest BCUT2D eigenvalue weighted by Crippen LogP contribution is -2.46. The summed E-state index contributed by atoms with van der Waals surface area (Å²) in [7, 11) is 0. The van der Waals surface area contributed by atoms with E-state index in [4.69, 9.17) is 4.74 Å². The summed E-state index contributed by atoms with van der Waals surface area (Å²) >= 11 is 0. The summed E-state index contributed by atoms with van der Waals surface area (Å²) in [5.41, 5.74) is 1.17. The molecule has 162 valence electrons. The van der Waals surface area contributed by atoms with Crippen LogP contribution in [0, 0.1) is 0 Å². The predicted molar refractivity (Wildman–Crippen MR) is 118 cm³/mol. The molecule has 1 N–H and O–H groups in total. The minimum absolute atomic E-state index is 0.340. The molecule has 1 atom stereocenters. The van der Waals surface area contributed by atoms with Crippen LogP contribution < -0.4 is 9.64 Å². The summed E-state index contributed by atoms with van der Waals surface area (Å²) in [5, 5.41) is 10.4. The van der Waals surface area contributed by atoms with Gasteiger partial charge >= 0.3 is 0 Å². The molecule has 2 fully saturated rings. The average molecular weight is 412 g/mol. The zero-order valence-electron chi connectivity index (χ0n) is 17.7. The van der Waals surface area contributed by atoms with Crippen LogP contribution in [0.2, 0.25) is 0 Å². The number of aliphatic hydroxyl groups is 1. The van der Waals surface area contributed by atoms with E-state index in [1.165, 1.54) is 24.8 Å². The number of benzene rings is 1. The Hall–Kier alpha value is -2.22. The van der Waals surface area contributed by atoms with Crippen LogP contribution in [0.1, 0.15) is 24.8 Å². The molecule has 0 saturated carbocycles. The highest BCUT2D eigenvalue weighted by Crippen LogP contribution is 2.21. The standard InChI is InChI=1S/C23H33N5O2/c29-21(18-26-11-4-1-5-12-26)19-30-22-8-3-2-7-20(22)17-27-13-15-28(16-14-27)23-24-9-6-10-25-23/h2-3,6-10,21,29H,1,4-5,11-19H2/t21-/m0/s1. The first kappa shape index (κ1) is 21.0. The van der Waals surface area contributed by atoms with E-state index >= 15 is 0 Å². The van der Waals surface area contributed by atoms with E-state index in [0.29, 0.717) is 13.2 Å². The second-order valence-corrected chi connectivity index (χ2v) is 8.25. The maximum atomic E-state index is 10.4. The number of hydrogen-bond donors (Lipinski definition) is 1. The van der Waals surface area contributed by atoms with E-state index in [2.05, 4.69) is 36.8 Å². The molecule has 4 rings (SSSR count). The first-order chi connectivity index (χ1) is 14.8. The molecule has 0 spiro atoms. The monoisotopic (exact) mass is 411 g/mol. The Balaban J connectivity index is 1.26. The van der Waals surface area contributed by atoms with Crippen molar-refractivity contribution in [2.24, 2.45) is 0 Å². The van der Waals surface area contributed by atoms with Crippen molar-refractivity contribution >= 4 is 5.95 Å². The van der Waals surface area contributed by atoms with Gasteiger partial charge in [-0.15, -0.1) is 0 Å². The van der Waals surface area contributed by atoms with Crippen LogP contribution in [-0.4, -0.2) is 83.4 Å². The quantitative estimate of drug-likeness (QED) is 0.713. The van der Waals surface area contributed by atoms with Gasteiger partial charge in [-0.25, -0.2) is 9.97 Å². The molecule has 0 aliphatic carbocycles. The molecule has 30 heavy (non-hydrogen) atoms. The first-order valence-corrected chi connectivity index (χ1v) is 11.1. The van der Waals surface area contributed by atoms with E-state index in [1.807, 2.05) is 18.2 Å². The van der Waals surface area contributed by atoms with Crippen molar-refractivity contribution in [3.8, 4) is 5.75 Å². The van der Waals surface area contributed by atoms with E-state index < -0.39 is 6.10 Å². The lowest BCUT2D eigenvalue weighted by Gasteiger charge is -2.34. The van der Waals surface area contributed by atoms with Crippen molar-refractivity contribution in [3.63, 3.8) is 0 Å². The minimum Gasteiger partial charge on any atom is -0.491 e. The molecule has 7 heteroatoms. The number of aliphatic hydroxyl groups excluding tert-OH is 1. The summed E-state index contributed by atoms with van der Waals surface area (Å²) in [6.45, 7) is 7.83. The zero-order chi connectivity index (χ0) is 20.6.